The molecule has 0 radical (unpaired) electrons. The summed E-state index contributed by atoms with van der Waals surface area (Å²) in [5.74, 6) is -0.664. The summed E-state index contributed by atoms with van der Waals surface area (Å²) in [6, 6.07) is 11.1. The monoisotopic (exact) mass is 378 g/mol. The van der Waals surface area contributed by atoms with Gasteiger partial charge in [0.2, 0.25) is 5.78 Å². The first-order chi connectivity index (χ1) is 11.7. The molecule has 0 fully saturated rings. The van der Waals surface area contributed by atoms with Crippen molar-refractivity contribution in [3.8, 4) is 0 Å². The smallest absolute Gasteiger partial charge is 0.210 e. The highest BCUT2D eigenvalue weighted by molar-refractivity contribution is 7.90. The summed E-state index contributed by atoms with van der Waals surface area (Å²) >= 11 is 4.74. The molecule has 3 rings (SSSR count). The van der Waals surface area contributed by atoms with Crippen LogP contribution in [0, 0.1) is 5.82 Å². The van der Waals surface area contributed by atoms with E-state index in [1.807, 2.05) is 0 Å². The van der Waals surface area contributed by atoms with E-state index in [1.54, 1.807) is 44.2 Å². The van der Waals surface area contributed by atoms with E-state index in [1.165, 1.54) is 18.4 Å². The van der Waals surface area contributed by atoms with Crippen LogP contribution in [0.3, 0.4) is 0 Å². The van der Waals surface area contributed by atoms with Crippen molar-refractivity contribution in [2.75, 3.05) is 6.26 Å². The van der Waals surface area contributed by atoms with Crippen molar-refractivity contribution in [1.82, 2.24) is 0 Å². The molecule has 6 heteroatoms. The van der Waals surface area contributed by atoms with E-state index in [9.17, 15) is 13.7 Å². The number of carbonyl (C=O) groups is 1. The van der Waals surface area contributed by atoms with Crippen molar-refractivity contribution >= 4 is 39.9 Å². The fraction of sp³-hybridized carbons (Fsp3) is 0.211. The Morgan fingerprint density at radius 3 is 2.52 bits per heavy atom. The van der Waals surface area contributed by atoms with E-state index in [2.05, 4.69) is 0 Å². The molecule has 25 heavy (non-hydrogen) atoms. The van der Waals surface area contributed by atoms with Crippen LogP contribution in [0.1, 0.15) is 25.0 Å². The van der Waals surface area contributed by atoms with E-state index in [-0.39, 0.29) is 22.7 Å². The first-order valence-corrected chi connectivity index (χ1v) is 9.51. The Bertz CT molecular complexity index is 890. The minimum atomic E-state index is -1.30. The summed E-state index contributed by atoms with van der Waals surface area (Å²) in [5.41, 5.74) is -0.0911. The number of Topliss-reactive ketones (excluding diaryl/α,β-unsaturated/α-hetero) is 1. The predicted octanol–water partition coefficient (Wildman–Crippen LogP) is 4.46. The van der Waals surface area contributed by atoms with Gasteiger partial charge in [-0.3, -0.25) is 4.79 Å². The van der Waals surface area contributed by atoms with Crippen LogP contribution in [-0.4, -0.2) is 22.2 Å². The van der Waals surface area contributed by atoms with Gasteiger partial charge in [-0.2, -0.15) is 0 Å². The van der Waals surface area contributed by atoms with Crippen LogP contribution in [0.25, 0.3) is 11.3 Å². The quantitative estimate of drug-likeness (QED) is 0.741. The molecule has 1 atom stereocenters. The van der Waals surface area contributed by atoms with E-state index in [0.717, 1.165) is 0 Å². The Morgan fingerprint density at radius 1 is 1.20 bits per heavy atom. The molecule has 0 spiro atoms. The third kappa shape index (κ3) is 3.32. The molecule has 1 aliphatic heterocycles. The van der Waals surface area contributed by atoms with Gasteiger partial charge in [-0.05, 0) is 54.9 Å². The minimum absolute atomic E-state index is 0.156. The van der Waals surface area contributed by atoms with Crippen molar-refractivity contribution in [1.29, 1.82) is 0 Å². The summed E-state index contributed by atoms with van der Waals surface area (Å²) in [7, 11) is 0. The van der Waals surface area contributed by atoms with Gasteiger partial charge in [-0.1, -0.05) is 23.7 Å². The third-order valence-electron chi connectivity index (χ3n) is 3.99. The molecule has 0 amide bonds. The zero-order chi connectivity index (χ0) is 18.4. The molecule has 0 saturated heterocycles. The SMILES string of the molecule is C[S+]([O-])c1ccc(C2=C(c3cccc(Cl)c3)C(=O)C(C)(C)O2)c(F)c1. The maximum atomic E-state index is 14.6. The average Bonchev–Trinajstić information content (AvgIpc) is 2.77. The Morgan fingerprint density at radius 2 is 1.92 bits per heavy atom. The maximum absolute atomic E-state index is 14.6. The summed E-state index contributed by atoms with van der Waals surface area (Å²) in [4.78, 5) is 13.2. The summed E-state index contributed by atoms with van der Waals surface area (Å²) in [6.07, 6.45) is 1.48. The molecule has 130 valence electrons. The van der Waals surface area contributed by atoms with Gasteiger partial charge >= 0.3 is 0 Å². The van der Waals surface area contributed by atoms with Crippen molar-refractivity contribution in [3.05, 3.63) is 64.4 Å². The minimum Gasteiger partial charge on any atom is -0.612 e. The molecular formula is C19H16ClFO3S. The second-order valence-corrected chi connectivity index (χ2v) is 8.07. The lowest BCUT2D eigenvalue weighted by Gasteiger charge is -2.18. The van der Waals surface area contributed by atoms with Gasteiger partial charge in [0.05, 0.1) is 11.1 Å². The highest BCUT2D eigenvalue weighted by Crippen LogP contribution is 2.42. The maximum Gasteiger partial charge on any atom is 0.210 e. The number of ketones is 1. The van der Waals surface area contributed by atoms with Gasteiger partial charge in [0.25, 0.3) is 0 Å². The Hall–Kier alpha value is -1.82. The fourth-order valence-corrected chi connectivity index (χ4v) is 3.43. The number of hydrogen-bond donors (Lipinski definition) is 0. The molecule has 0 aliphatic carbocycles. The van der Waals surface area contributed by atoms with Gasteiger partial charge < -0.3 is 9.29 Å². The normalized spacial score (nSPS) is 17.6. The average molecular weight is 379 g/mol. The largest absolute Gasteiger partial charge is 0.612 e. The number of hydrogen-bond acceptors (Lipinski definition) is 3. The molecule has 0 saturated carbocycles. The van der Waals surface area contributed by atoms with Crippen LogP contribution in [0.2, 0.25) is 5.02 Å². The van der Waals surface area contributed by atoms with Gasteiger partial charge in [0.15, 0.2) is 10.5 Å². The summed E-state index contributed by atoms with van der Waals surface area (Å²) in [6.45, 7) is 3.28. The van der Waals surface area contributed by atoms with Crippen LogP contribution < -0.4 is 0 Å². The second-order valence-electron chi connectivity index (χ2n) is 6.25. The predicted molar refractivity (Wildman–Crippen MR) is 97.2 cm³/mol. The van der Waals surface area contributed by atoms with Crippen molar-refractivity contribution in [2.45, 2.75) is 24.3 Å². The van der Waals surface area contributed by atoms with E-state index < -0.39 is 22.6 Å². The molecule has 0 aromatic heterocycles. The molecule has 1 aliphatic rings. The molecular weight excluding hydrogens is 363 g/mol. The van der Waals surface area contributed by atoms with E-state index in [0.29, 0.717) is 15.5 Å². The molecule has 2 aromatic carbocycles. The molecule has 0 N–H and O–H groups in total. The summed E-state index contributed by atoms with van der Waals surface area (Å²) in [5, 5.41) is 0.471. The van der Waals surface area contributed by atoms with Gasteiger partial charge in [-0.15, -0.1) is 0 Å². The zero-order valence-electron chi connectivity index (χ0n) is 13.9. The topological polar surface area (TPSA) is 49.4 Å². The van der Waals surface area contributed by atoms with Gasteiger partial charge in [-0.25, -0.2) is 4.39 Å². The van der Waals surface area contributed by atoms with Crippen LogP contribution in [-0.2, 0) is 20.7 Å². The number of carbonyl (C=O) groups excluding carboxylic acids is 1. The lowest BCUT2D eigenvalue weighted by Crippen LogP contribution is -2.29. The highest BCUT2D eigenvalue weighted by Gasteiger charge is 2.43. The number of rotatable bonds is 3. The van der Waals surface area contributed by atoms with Crippen LogP contribution >= 0.6 is 11.6 Å². The molecule has 1 heterocycles. The van der Waals surface area contributed by atoms with E-state index >= 15 is 0 Å². The lowest BCUT2D eigenvalue weighted by atomic mass is 9.92. The van der Waals surface area contributed by atoms with Crippen LogP contribution in [0.5, 0.6) is 0 Å². The first kappa shape index (κ1) is 18.0. The molecule has 0 bridgehead atoms. The second kappa shape index (κ2) is 6.48. The Balaban J connectivity index is 2.21. The van der Waals surface area contributed by atoms with Crippen LogP contribution in [0.15, 0.2) is 47.4 Å². The first-order valence-electron chi connectivity index (χ1n) is 7.58. The Kier molecular flexibility index (Phi) is 4.66. The zero-order valence-corrected chi connectivity index (χ0v) is 15.5. The van der Waals surface area contributed by atoms with Crippen molar-refractivity contribution < 1.29 is 18.5 Å². The van der Waals surface area contributed by atoms with E-state index in [4.69, 9.17) is 16.3 Å². The fourth-order valence-electron chi connectivity index (χ4n) is 2.71. The molecule has 3 nitrogen and oxygen atoms in total. The van der Waals surface area contributed by atoms with Gasteiger partial charge in [0.1, 0.15) is 17.8 Å². The lowest BCUT2D eigenvalue weighted by molar-refractivity contribution is -0.125. The third-order valence-corrected chi connectivity index (χ3v) is 5.14. The molecule has 1 unspecified atom stereocenters. The Labute approximate surface area is 153 Å². The molecule has 2 aromatic rings. The standard InChI is InChI=1S/C19H16ClFO3S/c1-19(2)18(22)16(11-5-4-6-12(20)9-11)17(24-19)14-8-7-13(25(3)23)10-15(14)21/h4-10H,1-3H3. The number of halogens is 2. The van der Waals surface area contributed by atoms with Gasteiger partial charge in [0, 0.05) is 11.1 Å². The highest BCUT2D eigenvalue weighted by atomic mass is 35.5. The summed E-state index contributed by atoms with van der Waals surface area (Å²) < 4.78 is 32.0. The van der Waals surface area contributed by atoms with Crippen LogP contribution in [0.4, 0.5) is 4.39 Å². The number of ether oxygens (including phenoxy) is 1. The van der Waals surface area contributed by atoms with Crippen molar-refractivity contribution in [3.63, 3.8) is 0 Å². The van der Waals surface area contributed by atoms with Crippen molar-refractivity contribution in [2.24, 2.45) is 0 Å². The number of benzene rings is 2.